The van der Waals surface area contributed by atoms with E-state index in [1.54, 1.807) is 0 Å². The molecule has 0 saturated heterocycles. The zero-order valence-electron chi connectivity index (χ0n) is 22.0. The highest BCUT2D eigenvalue weighted by molar-refractivity contribution is 6.08. The largest absolute Gasteiger partial charge is 0.494 e. The summed E-state index contributed by atoms with van der Waals surface area (Å²) in [5, 5.41) is 6.82. The molecule has 4 aromatic rings. The third kappa shape index (κ3) is 5.26. The minimum Gasteiger partial charge on any atom is -0.494 e. The van der Waals surface area contributed by atoms with Crippen LogP contribution >= 0.6 is 0 Å². The van der Waals surface area contributed by atoms with Crippen molar-refractivity contribution < 1.29 is 14.3 Å². The van der Waals surface area contributed by atoms with Gasteiger partial charge in [0, 0.05) is 11.6 Å². The highest BCUT2D eigenvalue weighted by atomic mass is 16.5. The van der Waals surface area contributed by atoms with E-state index in [0.29, 0.717) is 24.7 Å². The summed E-state index contributed by atoms with van der Waals surface area (Å²) in [6.07, 6.45) is 5.56. The third-order valence-corrected chi connectivity index (χ3v) is 7.55. The van der Waals surface area contributed by atoms with Crippen molar-refractivity contribution in [2.24, 2.45) is 5.92 Å². The number of hydrogen-bond donors (Lipinski definition) is 2. The summed E-state index contributed by atoms with van der Waals surface area (Å²) in [7, 11) is 0. The number of hydrogen-bond acceptors (Lipinski definition) is 4. The van der Waals surface area contributed by atoms with Gasteiger partial charge in [0.25, 0.3) is 5.91 Å². The molecular weight excluding hydrogens is 484 g/mol. The number of rotatable bonds is 8. The quantitative estimate of drug-likeness (QED) is 0.235. The van der Waals surface area contributed by atoms with E-state index < -0.39 is 0 Å². The normalized spacial score (nSPS) is 18.9. The van der Waals surface area contributed by atoms with Gasteiger partial charge in [0.05, 0.1) is 23.9 Å². The van der Waals surface area contributed by atoms with E-state index in [1.165, 1.54) is 11.1 Å². The van der Waals surface area contributed by atoms with Gasteiger partial charge in [-0.05, 0) is 78.4 Å². The average molecular weight is 517 g/mol. The molecule has 6 rings (SSSR count). The molecule has 0 fully saturated rings. The molecule has 5 heteroatoms. The van der Waals surface area contributed by atoms with E-state index in [4.69, 9.17) is 9.47 Å². The van der Waals surface area contributed by atoms with Crippen LogP contribution in [-0.2, 0) is 6.61 Å². The van der Waals surface area contributed by atoms with Gasteiger partial charge in [-0.2, -0.15) is 0 Å². The first-order chi connectivity index (χ1) is 19.2. The lowest BCUT2D eigenvalue weighted by molar-refractivity contribution is 0.102. The minimum atomic E-state index is -0.132. The smallest absolute Gasteiger partial charge is 0.257 e. The number of carbonyl (C=O) groups excluding carboxylic acids is 1. The van der Waals surface area contributed by atoms with Crippen LogP contribution in [0.4, 0.5) is 11.4 Å². The number of fused-ring (bicyclic) bond motifs is 3. The van der Waals surface area contributed by atoms with Gasteiger partial charge in [-0.15, -0.1) is 0 Å². The first kappa shape index (κ1) is 24.8. The summed E-state index contributed by atoms with van der Waals surface area (Å²) in [5.41, 5.74) is 5.79. The topological polar surface area (TPSA) is 59.6 Å². The summed E-state index contributed by atoms with van der Waals surface area (Å²) in [6.45, 7) is 3.10. The molecule has 2 N–H and O–H groups in total. The van der Waals surface area contributed by atoms with Crippen LogP contribution in [0.25, 0.3) is 0 Å². The Morgan fingerprint density at radius 2 is 1.62 bits per heavy atom. The molecule has 1 heterocycles. The summed E-state index contributed by atoms with van der Waals surface area (Å²) in [5.74, 6) is 2.15. The first-order valence-electron chi connectivity index (χ1n) is 13.6. The van der Waals surface area contributed by atoms with Gasteiger partial charge in [-0.25, -0.2) is 0 Å². The Hall–Kier alpha value is -4.51. The van der Waals surface area contributed by atoms with E-state index >= 15 is 0 Å². The number of nitrogens with one attached hydrogen (secondary N) is 2. The monoisotopic (exact) mass is 516 g/mol. The maximum absolute atomic E-state index is 13.4. The van der Waals surface area contributed by atoms with Crippen molar-refractivity contribution in [1.29, 1.82) is 0 Å². The first-order valence-corrected chi connectivity index (χ1v) is 13.6. The maximum Gasteiger partial charge on any atom is 0.257 e. The Morgan fingerprint density at radius 3 is 2.38 bits per heavy atom. The molecule has 1 aliphatic carbocycles. The van der Waals surface area contributed by atoms with Crippen LogP contribution in [0, 0.1) is 5.92 Å². The molecule has 1 aliphatic heterocycles. The lowest BCUT2D eigenvalue weighted by atomic mass is 9.76. The van der Waals surface area contributed by atoms with Crippen LogP contribution in [0.2, 0.25) is 0 Å². The average Bonchev–Trinajstić information content (AvgIpc) is 3.48. The predicted octanol–water partition coefficient (Wildman–Crippen LogP) is 7.74. The van der Waals surface area contributed by atoms with E-state index in [2.05, 4.69) is 53.1 Å². The van der Waals surface area contributed by atoms with Crippen LogP contribution < -0.4 is 20.1 Å². The Morgan fingerprint density at radius 1 is 0.872 bits per heavy atom. The number of benzene rings is 4. The molecule has 0 bridgehead atoms. The molecule has 3 atom stereocenters. The number of ether oxygens (including phenoxy) is 2. The van der Waals surface area contributed by atoms with Crippen molar-refractivity contribution in [3.63, 3.8) is 0 Å². The minimum absolute atomic E-state index is 0.0834. The lowest BCUT2D eigenvalue weighted by Crippen LogP contribution is -2.30. The van der Waals surface area contributed by atoms with Crippen LogP contribution in [-0.4, -0.2) is 12.5 Å². The molecule has 0 saturated carbocycles. The van der Waals surface area contributed by atoms with Gasteiger partial charge in [0.1, 0.15) is 18.1 Å². The van der Waals surface area contributed by atoms with Crippen LogP contribution in [0.15, 0.2) is 109 Å². The molecule has 0 radical (unpaired) electrons. The fourth-order valence-corrected chi connectivity index (χ4v) is 5.65. The maximum atomic E-state index is 13.4. The van der Waals surface area contributed by atoms with Crippen LogP contribution in [0.3, 0.4) is 0 Å². The van der Waals surface area contributed by atoms with E-state index in [0.717, 1.165) is 34.9 Å². The summed E-state index contributed by atoms with van der Waals surface area (Å²) < 4.78 is 11.5. The molecule has 2 aliphatic rings. The second-order valence-electron chi connectivity index (χ2n) is 10.0. The van der Waals surface area contributed by atoms with Gasteiger partial charge >= 0.3 is 0 Å². The van der Waals surface area contributed by atoms with E-state index in [-0.39, 0.29) is 17.9 Å². The van der Waals surface area contributed by atoms with Crippen LogP contribution in [0.5, 0.6) is 11.5 Å². The lowest BCUT2D eigenvalue weighted by Gasteiger charge is -2.38. The van der Waals surface area contributed by atoms with Crippen molar-refractivity contribution in [3.8, 4) is 11.5 Å². The van der Waals surface area contributed by atoms with Gasteiger partial charge < -0.3 is 20.1 Å². The Bertz CT molecular complexity index is 1460. The summed E-state index contributed by atoms with van der Waals surface area (Å²) in [6, 6.07) is 32.1. The second kappa shape index (κ2) is 11.1. The number of para-hydroxylation sites is 1. The van der Waals surface area contributed by atoms with Crippen molar-refractivity contribution in [3.05, 3.63) is 131 Å². The Kier molecular flexibility index (Phi) is 7.05. The molecule has 4 aromatic carbocycles. The van der Waals surface area contributed by atoms with Crippen molar-refractivity contribution >= 4 is 17.3 Å². The fourth-order valence-electron chi connectivity index (χ4n) is 5.65. The summed E-state index contributed by atoms with van der Waals surface area (Å²) in [4.78, 5) is 13.4. The van der Waals surface area contributed by atoms with Crippen LogP contribution in [0.1, 0.15) is 52.4 Å². The number of amides is 1. The molecule has 1 amide bonds. The third-order valence-electron chi connectivity index (χ3n) is 7.55. The SMILES string of the molecule is CCOc1ccc(NC(=O)c2cccc3c2NC(c2ccc(OCc4ccccc4)cc2)C2CC=CC32)cc1. The summed E-state index contributed by atoms with van der Waals surface area (Å²) >= 11 is 0. The predicted molar refractivity (Wildman–Crippen MR) is 156 cm³/mol. The molecule has 0 spiro atoms. The standard InChI is InChI=1S/C34H32N2O3/c1-2-38-26-20-16-25(17-21-26)35-34(37)31-13-7-12-30-28-10-6-11-29(28)32(36-33(30)31)24-14-18-27(19-15-24)39-22-23-8-4-3-5-9-23/h3-10,12-21,28-29,32,36H,2,11,22H2,1H3,(H,35,37). The van der Waals surface area contributed by atoms with E-state index in [9.17, 15) is 4.79 Å². The zero-order chi connectivity index (χ0) is 26.6. The van der Waals surface area contributed by atoms with Crippen molar-refractivity contribution in [2.45, 2.75) is 31.9 Å². The van der Waals surface area contributed by atoms with Gasteiger partial charge in [0.15, 0.2) is 0 Å². The highest BCUT2D eigenvalue weighted by Crippen LogP contribution is 2.50. The van der Waals surface area contributed by atoms with Gasteiger partial charge in [0.2, 0.25) is 0 Å². The molecule has 196 valence electrons. The molecule has 0 aromatic heterocycles. The second-order valence-corrected chi connectivity index (χ2v) is 10.0. The number of anilines is 2. The van der Waals surface area contributed by atoms with Crippen molar-refractivity contribution in [2.75, 3.05) is 17.2 Å². The Labute approximate surface area is 229 Å². The van der Waals surface area contributed by atoms with Gasteiger partial charge in [-0.3, -0.25) is 4.79 Å². The highest BCUT2D eigenvalue weighted by Gasteiger charge is 2.39. The molecule has 5 nitrogen and oxygen atoms in total. The van der Waals surface area contributed by atoms with Crippen molar-refractivity contribution in [1.82, 2.24) is 0 Å². The van der Waals surface area contributed by atoms with Gasteiger partial charge in [-0.1, -0.05) is 66.7 Å². The Balaban J connectivity index is 1.22. The fraction of sp³-hybridized carbons (Fsp3) is 0.206. The molecule has 3 unspecified atom stereocenters. The zero-order valence-corrected chi connectivity index (χ0v) is 22.0. The number of carbonyl (C=O) groups is 1. The van der Waals surface area contributed by atoms with E-state index in [1.807, 2.05) is 73.7 Å². The molecular formula is C34H32N2O3. The molecule has 39 heavy (non-hydrogen) atoms. The number of allylic oxidation sites excluding steroid dienone is 2.